The number of rotatable bonds is 14. The highest BCUT2D eigenvalue weighted by molar-refractivity contribution is 5.82. The lowest BCUT2D eigenvalue weighted by Crippen LogP contribution is -2.41. The zero-order chi connectivity index (χ0) is 24.6. The molecule has 0 saturated heterocycles. The van der Waals surface area contributed by atoms with Crippen molar-refractivity contribution >= 4 is 17.8 Å². The first-order valence-corrected chi connectivity index (χ1v) is 11.8. The molecule has 8 heteroatoms. The number of unbranched alkanes of at least 4 members (excludes halogenated alkanes) is 1. The summed E-state index contributed by atoms with van der Waals surface area (Å²) in [5, 5.41) is 2.56. The van der Waals surface area contributed by atoms with Crippen molar-refractivity contribution in [1.29, 1.82) is 0 Å². The summed E-state index contributed by atoms with van der Waals surface area (Å²) in [5.74, 6) is -1.41. The maximum atomic E-state index is 12.0. The SMILES string of the molecule is NCCC[C@H](N)C(=O)NCCC(=O)ONC(=O)Cc1ccc(CCCCc2ccccc2)cc1. The zero-order valence-corrected chi connectivity index (χ0v) is 19.6. The first-order valence-electron chi connectivity index (χ1n) is 11.8. The molecule has 2 aromatic carbocycles. The van der Waals surface area contributed by atoms with E-state index >= 15 is 0 Å². The van der Waals surface area contributed by atoms with Crippen LogP contribution in [-0.2, 0) is 38.5 Å². The number of aryl methyl sites for hydroxylation is 2. The van der Waals surface area contributed by atoms with Crippen LogP contribution < -0.4 is 22.3 Å². The van der Waals surface area contributed by atoms with Gasteiger partial charge in [-0.05, 0) is 61.8 Å². The lowest BCUT2D eigenvalue weighted by atomic mass is 10.0. The number of nitrogens with one attached hydrogen (secondary N) is 2. The second kappa shape index (κ2) is 15.6. The van der Waals surface area contributed by atoms with E-state index in [0.717, 1.165) is 31.2 Å². The average Bonchev–Trinajstić information content (AvgIpc) is 2.85. The van der Waals surface area contributed by atoms with Crippen molar-refractivity contribution < 1.29 is 19.2 Å². The summed E-state index contributed by atoms with van der Waals surface area (Å²) in [6.45, 7) is 0.545. The van der Waals surface area contributed by atoms with Crippen LogP contribution in [0.2, 0.25) is 0 Å². The molecule has 2 aromatic rings. The van der Waals surface area contributed by atoms with Crippen LogP contribution in [0.3, 0.4) is 0 Å². The van der Waals surface area contributed by atoms with E-state index in [1.165, 1.54) is 11.1 Å². The van der Waals surface area contributed by atoms with Gasteiger partial charge in [-0.25, -0.2) is 4.79 Å². The van der Waals surface area contributed by atoms with Gasteiger partial charge >= 0.3 is 5.97 Å². The van der Waals surface area contributed by atoms with Crippen LogP contribution >= 0.6 is 0 Å². The Hall–Kier alpha value is -3.23. The van der Waals surface area contributed by atoms with Gasteiger partial charge in [-0.3, -0.25) is 9.59 Å². The van der Waals surface area contributed by atoms with E-state index in [-0.39, 0.29) is 25.3 Å². The van der Waals surface area contributed by atoms with Crippen molar-refractivity contribution in [2.45, 2.75) is 57.4 Å². The predicted octanol–water partition coefficient (Wildman–Crippen LogP) is 1.94. The summed E-state index contributed by atoms with van der Waals surface area (Å²) in [6, 6.07) is 17.7. The van der Waals surface area contributed by atoms with Crippen molar-refractivity contribution in [3.05, 3.63) is 71.3 Å². The van der Waals surface area contributed by atoms with Crippen LogP contribution in [-0.4, -0.2) is 36.9 Å². The topological polar surface area (TPSA) is 137 Å². The molecule has 0 unspecified atom stereocenters. The van der Waals surface area contributed by atoms with Crippen LogP contribution in [0.1, 0.15) is 48.8 Å². The molecule has 0 aliphatic carbocycles. The molecule has 0 spiro atoms. The third-order valence-corrected chi connectivity index (χ3v) is 5.37. The van der Waals surface area contributed by atoms with Crippen LogP contribution in [0.5, 0.6) is 0 Å². The quantitative estimate of drug-likeness (QED) is 0.247. The summed E-state index contributed by atoms with van der Waals surface area (Å²) in [5.41, 5.74) is 16.7. The largest absolute Gasteiger partial charge is 0.354 e. The number of hydrogen-bond acceptors (Lipinski definition) is 6. The predicted molar refractivity (Wildman–Crippen MR) is 131 cm³/mol. The molecular formula is C26H36N4O4. The second-order valence-electron chi connectivity index (χ2n) is 8.26. The molecule has 184 valence electrons. The molecule has 0 bridgehead atoms. The third-order valence-electron chi connectivity index (χ3n) is 5.37. The van der Waals surface area contributed by atoms with Gasteiger partial charge in [0, 0.05) is 6.54 Å². The van der Waals surface area contributed by atoms with Crippen molar-refractivity contribution in [1.82, 2.24) is 10.8 Å². The molecule has 1 atom stereocenters. The van der Waals surface area contributed by atoms with E-state index in [4.69, 9.17) is 16.3 Å². The zero-order valence-electron chi connectivity index (χ0n) is 19.6. The summed E-state index contributed by atoms with van der Waals surface area (Å²) >= 11 is 0. The molecule has 0 radical (unpaired) electrons. The van der Waals surface area contributed by atoms with E-state index in [2.05, 4.69) is 35.1 Å². The highest BCUT2D eigenvalue weighted by Crippen LogP contribution is 2.11. The number of nitrogens with two attached hydrogens (primary N) is 2. The van der Waals surface area contributed by atoms with Crippen LogP contribution in [0.4, 0.5) is 0 Å². The minimum atomic E-state index is -0.653. The van der Waals surface area contributed by atoms with E-state index in [9.17, 15) is 14.4 Å². The Balaban J connectivity index is 1.58. The molecule has 2 amide bonds. The second-order valence-corrected chi connectivity index (χ2v) is 8.26. The maximum absolute atomic E-state index is 12.0. The molecule has 6 N–H and O–H groups in total. The van der Waals surface area contributed by atoms with Crippen LogP contribution in [0.25, 0.3) is 0 Å². The van der Waals surface area contributed by atoms with Crippen molar-refractivity contribution in [3.8, 4) is 0 Å². The van der Waals surface area contributed by atoms with E-state index in [1.807, 2.05) is 30.3 Å². The smallest absolute Gasteiger partial charge is 0.334 e. The van der Waals surface area contributed by atoms with Gasteiger partial charge in [-0.2, -0.15) is 5.48 Å². The highest BCUT2D eigenvalue weighted by atomic mass is 16.7. The van der Waals surface area contributed by atoms with E-state index in [0.29, 0.717) is 19.4 Å². The Morgan fingerprint density at radius 3 is 2.12 bits per heavy atom. The standard InChI is InChI=1S/C26H36N4O4/c27-17-6-11-23(28)26(33)29-18-16-25(32)34-30-24(31)19-22-14-12-21(13-15-22)10-5-4-9-20-7-2-1-3-8-20/h1-3,7-8,12-15,23H,4-6,9-11,16-19,27-28H2,(H,29,33)(H,30,31)/t23-/m0/s1. The van der Waals surface area contributed by atoms with Crippen LogP contribution in [0.15, 0.2) is 54.6 Å². The molecular weight excluding hydrogens is 432 g/mol. The van der Waals surface area contributed by atoms with Gasteiger partial charge < -0.3 is 21.6 Å². The average molecular weight is 469 g/mol. The molecule has 34 heavy (non-hydrogen) atoms. The van der Waals surface area contributed by atoms with Crippen molar-refractivity contribution in [2.75, 3.05) is 13.1 Å². The Bertz CT molecular complexity index is 887. The first kappa shape index (κ1) is 27.0. The molecule has 0 aromatic heterocycles. The van der Waals surface area contributed by atoms with Gasteiger partial charge in [0.2, 0.25) is 5.91 Å². The van der Waals surface area contributed by atoms with Gasteiger partial charge in [0.15, 0.2) is 0 Å². The van der Waals surface area contributed by atoms with Gasteiger partial charge in [0.1, 0.15) is 0 Å². The Morgan fingerprint density at radius 1 is 0.853 bits per heavy atom. The van der Waals surface area contributed by atoms with Crippen LogP contribution in [0, 0.1) is 0 Å². The van der Waals surface area contributed by atoms with Gasteiger partial charge in [0.05, 0.1) is 18.9 Å². The first-order chi connectivity index (χ1) is 16.5. The molecule has 0 fully saturated rings. The molecule has 0 heterocycles. The van der Waals surface area contributed by atoms with Gasteiger partial charge in [-0.15, -0.1) is 0 Å². The van der Waals surface area contributed by atoms with Crippen molar-refractivity contribution in [2.24, 2.45) is 11.5 Å². The summed E-state index contributed by atoms with van der Waals surface area (Å²) in [7, 11) is 0. The number of carbonyl (C=O) groups excluding carboxylic acids is 3. The Kier molecular flexibility index (Phi) is 12.4. The lowest BCUT2D eigenvalue weighted by molar-refractivity contribution is -0.158. The van der Waals surface area contributed by atoms with Crippen molar-refractivity contribution in [3.63, 3.8) is 0 Å². The minimum Gasteiger partial charge on any atom is -0.354 e. The number of benzene rings is 2. The number of carbonyl (C=O) groups is 3. The Morgan fingerprint density at radius 2 is 1.47 bits per heavy atom. The fraction of sp³-hybridized carbons (Fsp3) is 0.423. The number of amides is 2. The maximum Gasteiger partial charge on any atom is 0.334 e. The Labute approximate surface area is 201 Å². The summed E-state index contributed by atoms with van der Waals surface area (Å²) < 4.78 is 0. The number of hydroxylamine groups is 1. The molecule has 0 saturated carbocycles. The number of hydrogen-bond donors (Lipinski definition) is 4. The fourth-order valence-electron chi connectivity index (χ4n) is 3.40. The van der Waals surface area contributed by atoms with E-state index in [1.54, 1.807) is 0 Å². The molecule has 0 aliphatic heterocycles. The summed E-state index contributed by atoms with van der Waals surface area (Å²) in [4.78, 5) is 40.3. The molecule has 0 aliphatic rings. The van der Waals surface area contributed by atoms with Gasteiger partial charge in [0.25, 0.3) is 5.91 Å². The summed E-state index contributed by atoms with van der Waals surface area (Å²) in [6.07, 6.45) is 5.47. The third kappa shape index (κ3) is 11.1. The monoisotopic (exact) mass is 468 g/mol. The molecule has 2 rings (SSSR count). The molecule has 8 nitrogen and oxygen atoms in total. The van der Waals surface area contributed by atoms with E-state index < -0.39 is 17.9 Å². The minimum absolute atomic E-state index is 0.0748. The fourth-order valence-corrected chi connectivity index (χ4v) is 3.40. The van der Waals surface area contributed by atoms with Gasteiger partial charge in [-0.1, -0.05) is 54.6 Å². The highest BCUT2D eigenvalue weighted by Gasteiger charge is 2.13. The normalized spacial score (nSPS) is 11.5. The lowest BCUT2D eigenvalue weighted by Gasteiger charge is -2.11.